The molecule has 0 aromatic heterocycles. The van der Waals surface area contributed by atoms with Gasteiger partial charge in [-0.1, -0.05) is 25.0 Å². The van der Waals surface area contributed by atoms with Gasteiger partial charge in [-0.3, -0.25) is 0 Å². The molecule has 114 valence electrons. The number of carbonyl (C=O) groups excluding carboxylic acids is 1. The van der Waals surface area contributed by atoms with Gasteiger partial charge in [-0.15, -0.1) is 0 Å². The van der Waals surface area contributed by atoms with Gasteiger partial charge in [-0.25, -0.2) is 4.79 Å². The molecule has 0 heterocycles. The molecule has 2 aliphatic carbocycles. The van der Waals surface area contributed by atoms with Crippen molar-refractivity contribution < 1.29 is 9.90 Å². The number of urea groups is 1. The molecule has 20 heavy (non-hydrogen) atoms. The predicted molar refractivity (Wildman–Crippen MR) is 80.5 cm³/mol. The van der Waals surface area contributed by atoms with E-state index in [2.05, 4.69) is 17.5 Å². The summed E-state index contributed by atoms with van der Waals surface area (Å²) in [6.45, 7) is 1.43. The van der Waals surface area contributed by atoms with Gasteiger partial charge < -0.3 is 15.3 Å². The highest BCUT2D eigenvalue weighted by Gasteiger charge is 2.25. The number of nitrogens with zero attached hydrogens (tertiary/aromatic N) is 1. The molecule has 4 nitrogen and oxygen atoms in total. The zero-order valence-electron chi connectivity index (χ0n) is 12.6. The Morgan fingerprint density at radius 2 is 2.10 bits per heavy atom. The molecule has 0 aromatic carbocycles. The summed E-state index contributed by atoms with van der Waals surface area (Å²) in [5, 5.41) is 13.0. The van der Waals surface area contributed by atoms with Crippen LogP contribution in [0.2, 0.25) is 0 Å². The summed E-state index contributed by atoms with van der Waals surface area (Å²) >= 11 is 0. The molecular formula is C16H28N2O2. The van der Waals surface area contributed by atoms with Crippen LogP contribution in [-0.2, 0) is 0 Å². The Hall–Kier alpha value is -1.03. The van der Waals surface area contributed by atoms with Crippen molar-refractivity contribution in [3.8, 4) is 0 Å². The molecule has 1 fully saturated rings. The summed E-state index contributed by atoms with van der Waals surface area (Å²) in [6.07, 6.45) is 11.8. The number of aliphatic hydroxyl groups excluding tert-OH is 1. The van der Waals surface area contributed by atoms with Crippen LogP contribution in [0.4, 0.5) is 4.79 Å². The van der Waals surface area contributed by atoms with Crippen molar-refractivity contribution in [1.82, 2.24) is 10.2 Å². The minimum absolute atomic E-state index is 0.00248. The van der Waals surface area contributed by atoms with Gasteiger partial charge in [-0.05, 0) is 38.0 Å². The Morgan fingerprint density at radius 3 is 2.80 bits per heavy atom. The first-order chi connectivity index (χ1) is 9.66. The summed E-state index contributed by atoms with van der Waals surface area (Å²) in [7, 11) is 1.83. The van der Waals surface area contributed by atoms with Crippen LogP contribution >= 0.6 is 0 Å². The second-order valence-electron chi connectivity index (χ2n) is 6.33. The maximum atomic E-state index is 12.1. The number of nitrogens with one attached hydrogen (secondary N) is 1. The topological polar surface area (TPSA) is 52.6 Å². The third-order valence-corrected chi connectivity index (χ3v) is 4.64. The average molecular weight is 280 g/mol. The maximum absolute atomic E-state index is 12.1. The van der Waals surface area contributed by atoms with Gasteiger partial charge in [0.2, 0.25) is 0 Å². The molecule has 2 aliphatic rings. The Morgan fingerprint density at radius 1 is 1.30 bits per heavy atom. The minimum Gasteiger partial charge on any atom is -0.393 e. The van der Waals surface area contributed by atoms with Crippen molar-refractivity contribution in [2.45, 2.75) is 51.0 Å². The van der Waals surface area contributed by atoms with E-state index in [1.54, 1.807) is 4.90 Å². The second kappa shape index (κ2) is 7.67. The maximum Gasteiger partial charge on any atom is 0.317 e. The first kappa shape index (κ1) is 15.4. The molecule has 0 bridgehead atoms. The number of aliphatic hydroxyl groups is 1. The van der Waals surface area contributed by atoms with Crippen molar-refractivity contribution in [3.63, 3.8) is 0 Å². The quantitative estimate of drug-likeness (QED) is 0.778. The van der Waals surface area contributed by atoms with Crippen molar-refractivity contribution in [2.24, 2.45) is 11.8 Å². The highest BCUT2D eigenvalue weighted by atomic mass is 16.3. The molecule has 2 amide bonds. The summed E-state index contributed by atoms with van der Waals surface area (Å²) in [5.74, 6) is 0.828. The highest BCUT2D eigenvalue weighted by Crippen LogP contribution is 2.25. The van der Waals surface area contributed by atoms with Crippen LogP contribution in [0.5, 0.6) is 0 Å². The van der Waals surface area contributed by atoms with Crippen molar-refractivity contribution in [1.29, 1.82) is 0 Å². The third-order valence-electron chi connectivity index (χ3n) is 4.64. The van der Waals surface area contributed by atoms with Gasteiger partial charge in [0.1, 0.15) is 0 Å². The molecule has 0 saturated heterocycles. The average Bonchev–Trinajstić information content (AvgIpc) is 2.48. The van der Waals surface area contributed by atoms with E-state index in [0.29, 0.717) is 12.5 Å². The monoisotopic (exact) mass is 280 g/mol. The van der Waals surface area contributed by atoms with Gasteiger partial charge >= 0.3 is 6.03 Å². The molecule has 0 aromatic rings. The van der Waals surface area contributed by atoms with E-state index in [-0.39, 0.29) is 18.1 Å². The molecule has 0 radical (unpaired) electrons. The fraction of sp³-hybridized carbons (Fsp3) is 0.812. The zero-order chi connectivity index (χ0) is 14.4. The van der Waals surface area contributed by atoms with Gasteiger partial charge in [0.05, 0.1) is 6.10 Å². The van der Waals surface area contributed by atoms with Crippen LogP contribution in [0.3, 0.4) is 0 Å². The van der Waals surface area contributed by atoms with Crippen LogP contribution < -0.4 is 5.32 Å². The molecule has 1 saturated carbocycles. The first-order valence-electron chi connectivity index (χ1n) is 7.99. The van der Waals surface area contributed by atoms with E-state index >= 15 is 0 Å². The number of allylic oxidation sites excluding steroid dienone is 2. The van der Waals surface area contributed by atoms with Crippen LogP contribution in [0, 0.1) is 11.8 Å². The summed E-state index contributed by atoms with van der Waals surface area (Å²) < 4.78 is 0. The van der Waals surface area contributed by atoms with E-state index in [4.69, 9.17) is 0 Å². The van der Waals surface area contributed by atoms with Crippen LogP contribution in [0.1, 0.15) is 44.9 Å². The molecule has 0 aliphatic heterocycles. The Balaban J connectivity index is 1.69. The number of hydrogen-bond acceptors (Lipinski definition) is 2. The smallest absolute Gasteiger partial charge is 0.317 e. The third kappa shape index (κ3) is 4.51. The van der Waals surface area contributed by atoms with Crippen molar-refractivity contribution in [3.05, 3.63) is 12.2 Å². The molecule has 2 rings (SSSR count). The number of carbonyl (C=O) groups is 1. The first-order valence-corrected chi connectivity index (χ1v) is 7.99. The SMILES string of the molecule is CN(C[C@@H]1CCCC[C@H]1O)C(=O)NC[C@H]1CC=CCC1. The van der Waals surface area contributed by atoms with Crippen LogP contribution in [-0.4, -0.2) is 42.3 Å². The summed E-state index contributed by atoms with van der Waals surface area (Å²) in [6, 6.07) is -0.00248. The van der Waals surface area contributed by atoms with Gasteiger partial charge in [-0.2, -0.15) is 0 Å². The van der Waals surface area contributed by atoms with Crippen molar-refractivity contribution in [2.75, 3.05) is 20.1 Å². The minimum atomic E-state index is -0.234. The molecule has 0 unspecified atom stereocenters. The Kier molecular flexibility index (Phi) is 5.89. The van der Waals surface area contributed by atoms with Gasteiger partial charge in [0.15, 0.2) is 0 Å². The lowest BCUT2D eigenvalue weighted by Gasteiger charge is -2.31. The lowest BCUT2D eigenvalue weighted by Crippen LogP contribution is -2.44. The lowest BCUT2D eigenvalue weighted by atomic mass is 9.86. The van der Waals surface area contributed by atoms with E-state index in [1.165, 1.54) is 12.8 Å². The molecule has 4 heteroatoms. The van der Waals surface area contributed by atoms with Gasteiger partial charge in [0, 0.05) is 26.1 Å². The number of amides is 2. The highest BCUT2D eigenvalue weighted by molar-refractivity contribution is 5.73. The summed E-state index contributed by atoms with van der Waals surface area (Å²) in [5.41, 5.74) is 0. The Bertz CT molecular complexity index is 343. The van der Waals surface area contributed by atoms with E-state index in [9.17, 15) is 9.90 Å². The largest absolute Gasteiger partial charge is 0.393 e. The molecular weight excluding hydrogens is 252 g/mol. The van der Waals surface area contributed by atoms with Gasteiger partial charge in [0.25, 0.3) is 0 Å². The predicted octanol–water partition coefficient (Wildman–Crippen LogP) is 2.54. The van der Waals surface area contributed by atoms with E-state index in [0.717, 1.165) is 38.6 Å². The van der Waals surface area contributed by atoms with Crippen molar-refractivity contribution >= 4 is 6.03 Å². The normalized spacial score (nSPS) is 30.0. The van der Waals surface area contributed by atoms with Crippen LogP contribution in [0.25, 0.3) is 0 Å². The molecule has 0 spiro atoms. The van der Waals surface area contributed by atoms with Crippen LogP contribution in [0.15, 0.2) is 12.2 Å². The zero-order valence-corrected chi connectivity index (χ0v) is 12.6. The molecule has 3 atom stereocenters. The lowest BCUT2D eigenvalue weighted by molar-refractivity contribution is 0.0564. The molecule has 2 N–H and O–H groups in total. The Labute approximate surface area is 122 Å². The number of rotatable bonds is 4. The van der Waals surface area contributed by atoms with E-state index < -0.39 is 0 Å². The number of hydrogen-bond donors (Lipinski definition) is 2. The van der Waals surface area contributed by atoms with E-state index in [1.807, 2.05) is 7.05 Å². The second-order valence-corrected chi connectivity index (χ2v) is 6.33. The fourth-order valence-electron chi connectivity index (χ4n) is 3.24. The fourth-order valence-corrected chi connectivity index (χ4v) is 3.24. The summed E-state index contributed by atoms with van der Waals surface area (Å²) in [4.78, 5) is 13.8. The standard InChI is InChI=1S/C16H28N2O2/c1-18(12-14-9-5-6-10-15(14)19)16(20)17-11-13-7-3-2-4-8-13/h2-3,13-15,19H,4-12H2,1H3,(H,17,20)/t13-,14-,15+/m0/s1.